The predicted octanol–water partition coefficient (Wildman–Crippen LogP) is -0.00420. The number of piperazine rings is 1. The predicted molar refractivity (Wildman–Crippen MR) is 90.1 cm³/mol. The summed E-state index contributed by atoms with van der Waals surface area (Å²) in [4.78, 5) is 16.6. The normalized spacial score (nSPS) is 25.9. The molecule has 2 aliphatic heterocycles. The van der Waals surface area contributed by atoms with Crippen LogP contribution in [0.25, 0.3) is 0 Å². The summed E-state index contributed by atoms with van der Waals surface area (Å²) in [5, 5.41) is 0. The number of furan rings is 1. The van der Waals surface area contributed by atoms with Crippen molar-refractivity contribution in [3.05, 3.63) is 23.7 Å². The number of sulfone groups is 1. The van der Waals surface area contributed by atoms with E-state index in [0.29, 0.717) is 38.6 Å². The highest BCUT2D eigenvalue weighted by Crippen LogP contribution is 2.28. The molecule has 0 N–H and O–H groups in total. The van der Waals surface area contributed by atoms with Crippen LogP contribution in [0.15, 0.2) is 16.5 Å². The first kappa shape index (κ1) is 18.4. The number of carbonyl (C=O) groups is 1. The Labute approximate surface area is 147 Å². The second-order valence-electron chi connectivity index (χ2n) is 6.44. The largest absolute Gasteiger partial charge is 0.453 e. The van der Waals surface area contributed by atoms with Gasteiger partial charge in [0.25, 0.3) is 5.91 Å². The Bertz CT molecular complexity index is 716. The van der Waals surface area contributed by atoms with E-state index in [4.69, 9.17) is 13.9 Å². The first-order valence-electron chi connectivity index (χ1n) is 8.27. The summed E-state index contributed by atoms with van der Waals surface area (Å²) in [6, 6.07) is 2.78. The molecule has 0 aliphatic carbocycles. The second kappa shape index (κ2) is 7.45. The maximum absolute atomic E-state index is 12.8. The monoisotopic (exact) mass is 372 g/mol. The Morgan fingerprint density at radius 1 is 1.20 bits per heavy atom. The molecular weight excluding hydrogens is 348 g/mol. The van der Waals surface area contributed by atoms with Gasteiger partial charge in [-0.15, -0.1) is 0 Å². The van der Waals surface area contributed by atoms with Crippen molar-refractivity contribution in [2.75, 3.05) is 52.0 Å². The van der Waals surface area contributed by atoms with Crippen molar-refractivity contribution < 1.29 is 27.1 Å². The summed E-state index contributed by atoms with van der Waals surface area (Å²) < 4.78 is 40.0. The van der Waals surface area contributed by atoms with E-state index in [-0.39, 0.29) is 35.3 Å². The smallest absolute Gasteiger partial charge is 0.289 e. The molecule has 0 radical (unpaired) electrons. The lowest BCUT2D eigenvalue weighted by Crippen LogP contribution is -2.61. The SMILES string of the molecule is COCCN1CCN(C(=O)c2ccc(COC)o2)[C@H]2CS(=O)(=O)C[C@H]21. The number of ether oxygens (including phenoxy) is 2. The lowest BCUT2D eigenvalue weighted by Gasteiger charge is -2.43. The zero-order valence-electron chi connectivity index (χ0n) is 14.5. The molecule has 25 heavy (non-hydrogen) atoms. The molecule has 3 rings (SSSR count). The van der Waals surface area contributed by atoms with E-state index >= 15 is 0 Å². The molecule has 1 amide bonds. The van der Waals surface area contributed by atoms with Gasteiger partial charge in [-0.1, -0.05) is 0 Å². The summed E-state index contributed by atoms with van der Waals surface area (Å²) >= 11 is 0. The molecule has 0 aromatic carbocycles. The van der Waals surface area contributed by atoms with Gasteiger partial charge in [0.2, 0.25) is 0 Å². The molecule has 140 valence electrons. The van der Waals surface area contributed by atoms with Crippen LogP contribution in [0.1, 0.15) is 16.3 Å². The van der Waals surface area contributed by atoms with Crippen LogP contribution < -0.4 is 0 Å². The van der Waals surface area contributed by atoms with Crippen molar-refractivity contribution in [2.24, 2.45) is 0 Å². The van der Waals surface area contributed by atoms with Gasteiger partial charge < -0.3 is 18.8 Å². The molecule has 9 heteroatoms. The van der Waals surface area contributed by atoms with E-state index in [1.54, 1.807) is 31.3 Å². The Balaban J connectivity index is 1.78. The van der Waals surface area contributed by atoms with Gasteiger partial charge in [0, 0.05) is 39.9 Å². The van der Waals surface area contributed by atoms with Crippen molar-refractivity contribution in [1.82, 2.24) is 9.80 Å². The average molecular weight is 372 g/mol. The van der Waals surface area contributed by atoms with E-state index < -0.39 is 9.84 Å². The average Bonchev–Trinajstić information content (AvgIpc) is 3.15. The Morgan fingerprint density at radius 3 is 2.68 bits per heavy atom. The van der Waals surface area contributed by atoms with E-state index in [0.717, 1.165) is 0 Å². The van der Waals surface area contributed by atoms with Crippen molar-refractivity contribution in [3.63, 3.8) is 0 Å². The number of hydrogen-bond donors (Lipinski definition) is 0. The second-order valence-corrected chi connectivity index (χ2v) is 8.59. The maximum atomic E-state index is 12.8. The molecule has 2 saturated heterocycles. The molecule has 1 aromatic rings. The third-order valence-corrected chi connectivity index (χ3v) is 6.49. The minimum atomic E-state index is -3.17. The van der Waals surface area contributed by atoms with E-state index in [2.05, 4.69) is 4.90 Å². The quantitative estimate of drug-likeness (QED) is 0.694. The van der Waals surface area contributed by atoms with Gasteiger partial charge in [0.1, 0.15) is 12.4 Å². The van der Waals surface area contributed by atoms with E-state index in [1.807, 2.05) is 0 Å². The third-order valence-electron chi connectivity index (χ3n) is 4.79. The fraction of sp³-hybridized carbons (Fsp3) is 0.688. The molecule has 1 aromatic heterocycles. The molecule has 8 nitrogen and oxygen atoms in total. The molecule has 0 unspecified atom stereocenters. The molecule has 0 saturated carbocycles. The van der Waals surface area contributed by atoms with Gasteiger partial charge in [-0.25, -0.2) is 8.42 Å². The Morgan fingerprint density at radius 2 is 1.96 bits per heavy atom. The minimum absolute atomic E-state index is 0.00146. The van der Waals surface area contributed by atoms with E-state index in [1.165, 1.54) is 0 Å². The molecule has 2 aliphatic rings. The van der Waals surface area contributed by atoms with Crippen LogP contribution in [0, 0.1) is 0 Å². The highest BCUT2D eigenvalue weighted by molar-refractivity contribution is 7.91. The number of fused-ring (bicyclic) bond motifs is 1. The van der Waals surface area contributed by atoms with Crippen LogP contribution in [-0.4, -0.2) is 88.2 Å². The zero-order valence-corrected chi connectivity index (χ0v) is 15.3. The van der Waals surface area contributed by atoms with Crippen molar-refractivity contribution in [3.8, 4) is 0 Å². The maximum Gasteiger partial charge on any atom is 0.289 e. The summed E-state index contributed by atoms with van der Waals surface area (Å²) in [5.41, 5.74) is 0. The minimum Gasteiger partial charge on any atom is -0.453 e. The molecule has 2 fully saturated rings. The highest BCUT2D eigenvalue weighted by atomic mass is 32.2. The lowest BCUT2D eigenvalue weighted by atomic mass is 10.0. The van der Waals surface area contributed by atoms with Crippen molar-refractivity contribution >= 4 is 15.7 Å². The van der Waals surface area contributed by atoms with E-state index in [9.17, 15) is 13.2 Å². The van der Waals surface area contributed by atoms with Crippen LogP contribution >= 0.6 is 0 Å². The lowest BCUT2D eigenvalue weighted by molar-refractivity contribution is 0.0224. The number of rotatable bonds is 6. The third kappa shape index (κ3) is 3.89. The summed E-state index contributed by atoms with van der Waals surface area (Å²) in [6.45, 7) is 2.58. The Hall–Kier alpha value is -1.42. The first-order valence-corrected chi connectivity index (χ1v) is 10.1. The van der Waals surface area contributed by atoms with Gasteiger partial charge in [-0.05, 0) is 12.1 Å². The number of amides is 1. The van der Waals surface area contributed by atoms with Gasteiger partial charge in [-0.3, -0.25) is 9.69 Å². The number of hydrogen-bond acceptors (Lipinski definition) is 7. The molecule has 0 bridgehead atoms. The highest BCUT2D eigenvalue weighted by Gasteiger charge is 2.48. The number of carbonyl (C=O) groups excluding carboxylic acids is 1. The van der Waals surface area contributed by atoms with Crippen molar-refractivity contribution in [2.45, 2.75) is 18.7 Å². The zero-order chi connectivity index (χ0) is 18.0. The fourth-order valence-electron chi connectivity index (χ4n) is 3.62. The number of nitrogens with zero attached hydrogens (tertiary/aromatic N) is 2. The van der Waals surface area contributed by atoms with Gasteiger partial charge in [0.15, 0.2) is 15.6 Å². The summed E-state index contributed by atoms with van der Waals surface area (Å²) in [6.07, 6.45) is 0. The van der Waals surface area contributed by atoms with Crippen LogP contribution in [0.3, 0.4) is 0 Å². The fourth-order valence-corrected chi connectivity index (χ4v) is 5.63. The topological polar surface area (TPSA) is 89.3 Å². The standard InChI is InChI=1S/C16H24N2O6S/c1-22-8-7-17-5-6-18(14-11-25(20,21)10-13(14)17)16(19)15-4-3-12(24-15)9-23-2/h3-4,13-14H,5-11H2,1-2H3/t13-,14+/m1/s1. The van der Waals surface area contributed by atoms with Gasteiger partial charge in [0.05, 0.1) is 24.2 Å². The molecule has 0 spiro atoms. The molecular formula is C16H24N2O6S. The van der Waals surface area contributed by atoms with Gasteiger partial charge >= 0.3 is 0 Å². The first-order chi connectivity index (χ1) is 11.9. The molecule has 3 heterocycles. The van der Waals surface area contributed by atoms with Crippen LogP contribution in [0.4, 0.5) is 0 Å². The van der Waals surface area contributed by atoms with Gasteiger partial charge in [-0.2, -0.15) is 0 Å². The summed E-state index contributed by atoms with van der Waals surface area (Å²) in [7, 11) is 0.00919. The van der Waals surface area contributed by atoms with Crippen LogP contribution in [0.2, 0.25) is 0 Å². The molecule has 2 atom stereocenters. The van der Waals surface area contributed by atoms with Crippen LogP contribution in [0.5, 0.6) is 0 Å². The number of methoxy groups -OCH3 is 2. The van der Waals surface area contributed by atoms with Crippen LogP contribution in [-0.2, 0) is 25.9 Å². The Kier molecular flexibility index (Phi) is 5.47. The summed E-state index contributed by atoms with van der Waals surface area (Å²) in [5.74, 6) is 0.609. The van der Waals surface area contributed by atoms with Crippen molar-refractivity contribution in [1.29, 1.82) is 0 Å².